The maximum Gasteiger partial charge on any atom is 0.257 e. The van der Waals surface area contributed by atoms with Crippen LogP contribution in [-0.2, 0) is 0 Å². The zero-order valence-electron chi connectivity index (χ0n) is 14.5. The summed E-state index contributed by atoms with van der Waals surface area (Å²) in [5.74, 6) is 0.999. The number of amides is 1. The third-order valence-corrected chi connectivity index (χ3v) is 3.67. The number of rotatable bonds is 6. The van der Waals surface area contributed by atoms with E-state index >= 15 is 0 Å². The van der Waals surface area contributed by atoms with E-state index in [1.54, 1.807) is 36.4 Å². The van der Waals surface area contributed by atoms with Crippen LogP contribution in [-0.4, -0.2) is 47.4 Å². The number of tetrazole rings is 1. The molecule has 1 heterocycles. The third-order valence-electron chi connectivity index (χ3n) is 3.67. The van der Waals surface area contributed by atoms with E-state index in [2.05, 4.69) is 20.8 Å². The molecule has 0 bridgehead atoms. The van der Waals surface area contributed by atoms with Gasteiger partial charge in [-0.3, -0.25) is 4.79 Å². The highest BCUT2D eigenvalue weighted by Crippen LogP contribution is 2.40. The number of carbonyl (C=O) groups is 1. The zero-order valence-corrected chi connectivity index (χ0v) is 14.5. The van der Waals surface area contributed by atoms with E-state index in [4.69, 9.17) is 14.2 Å². The third kappa shape index (κ3) is 3.27. The van der Waals surface area contributed by atoms with Crippen LogP contribution in [0.4, 0.5) is 5.69 Å². The van der Waals surface area contributed by atoms with E-state index in [-0.39, 0.29) is 5.91 Å². The number of ether oxygens (including phenoxy) is 3. The minimum absolute atomic E-state index is 0.328. The Labute approximate surface area is 149 Å². The van der Waals surface area contributed by atoms with Crippen molar-refractivity contribution in [3.05, 3.63) is 48.3 Å². The lowest BCUT2D eigenvalue weighted by Gasteiger charge is -2.15. The zero-order chi connectivity index (χ0) is 18.5. The van der Waals surface area contributed by atoms with Crippen LogP contribution >= 0.6 is 0 Å². The van der Waals surface area contributed by atoms with Crippen molar-refractivity contribution in [1.29, 1.82) is 0 Å². The molecule has 9 heteroatoms. The average Bonchev–Trinajstić information content (AvgIpc) is 3.21. The largest absolute Gasteiger partial charge is 0.493 e. The van der Waals surface area contributed by atoms with E-state index in [1.165, 1.54) is 32.3 Å². The summed E-state index contributed by atoms with van der Waals surface area (Å²) in [5.41, 5.74) is 1.46. The van der Waals surface area contributed by atoms with Crippen molar-refractivity contribution in [3.63, 3.8) is 0 Å². The lowest BCUT2D eigenvalue weighted by atomic mass is 10.1. The van der Waals surface area contributed by atoms with Crippen molar-refractivity contribution < 1.29 is 19.0 Å². The lowest BCUT2D eigenvalue weighted by molar-refractivity contribution is 0.102. The standard InChI is InChI=1S/C17H17N5O4/c1-24-14-8-11(9-15(25-2)16(14)26-3)19-17(23)12-6-4-5-7-13(12)22-10-18-20-21-22/h4-10H,1-3H3,(H,19,23). The summed E-state index contributed by atoms with van der Waals surface area (Å²) in [5, 5.41) is 13.9. The molecule has 1 amide bonds. The number of hydrogen-bond acceptors (Lipinski definition) is 7. The summed E-state index contributed by atoms with van der Waals surface area (Å²) in [4.78, 5) is 12.8. The first-order valence-electron chi connectivity index (χ1n) is 7.61. The monoisotopic (exact) mass is 355 g/mol. The Bertz CT molecular complexity index is 886. The van der Waals surface area contributed by atoms with Crippen LogP contribution in [0.1, 0.15) is 10.4 Å². The summed E-state index contributed by atoms with van der Waals surface area (Å²) >= 11 is 0. The van der Waals surface area contributed by atoms with Crippen LogP contribution in [0.15, 0.2) is 42.7 Å². The van der Waals surface area contributed by atoms with Gasteiger partial charge in [0.15, 0.2) is 11.5 Å². The molecule has 0 spiro atoms. The summed E-state index contributed by atoms with van der Waals surface area (Å²) < 4.78 is 17.3. The van der Waals surface area contributed by atoms with Crippen molar-refractivity contribution >= 4 is 11.6 Å². The molecule has 0 aliphatic heterocycles. The fraction of sp³-hybridized carbons (Fsp3) is 0.176. The number of nitrogens with zero attached hydrogens (tertiary/aromatic N) is 4. The van der Waals surface area contributed by atoms with Gasteiger partial charge in [0, 0.05) is 17.8 Å². The molecule has 0 aliphatic rings. The summed E-state index contributed by atoms with van der Waals surface area (Å²) in [6, 6.07) is 10.3. The molecule has 0 saturated heterocycles. The highest BCUT2D eigenvalue weighted by atomic mass is 16.5. The van der Waals surface area contributed by atoms with Crippen LogP contribution < -0.4 is 19.5 Å². The molecule has 3 rings (SSSR count). The number of hydrogen-bond donors (Lipinski definition) is 1. The molecule has 3 aromatic rings. The van der Waals surface area contributed by atoms with Crippen LogP contribution in [0, 0.1) is 0 Å². The molecule has 0 saturated carbocycles. The van der Waals surface area contributed by atoms with Crippen LogP contribution in [0.5, 0.6) is 17.2 Å². The number of carbonyl (C=O) groups excluding carboxylic acids is 1. The summed E-state index contributed by atoms with van der Waals surface area (Å²) in [7, 11) is 4.53. The number of aromatic nitrogens is 4. The molecule has 1 aromatic heterocycles. The molecular weight excluding hydrogens is 338 g/mol. The number of para-hydroxylation sites is 1. The molecule has 9 nitrogen and oxygen atoms in total. The molecule has 26 heavy (non-hydrogen) atoms. The van der Waals surface area contributed by atoms with Crippen LogP contribution in [0.3, 0.4) is 0 Å². The van der Waals surface area contributed by atoms with E-state index < -0.39 is 0 Å². The Kier molecular flexibility index (Phi) is 4.97. The minimum Gasteiger partial charge on any atom is -0.493 e. The molecule has 134 valence electrons. The number of methoxy groups -OCH3 is 3. The highest BCUT2D eigenvalue weighted by Gasteiger charge is 2.17. The molecule has 0 fully saturated rings. The van der Waals surface area contributed by atoms with Gasteiger partial charge >= 0.3 is 0 Å². The highest BCUT2D eigenvalue weighted by molar-refractivity contribution is 6.07. The van der Waals surface area contributed by atoms with E-state index in [1.807, 2.05) is 0 Å². The van der Waals surface area contributed by atoms with Gasteiger partial charge in [0.05, 0.1) is 32.6 Å². The lowest BCUT2D eigenvalue weighted by Crippen LogP contribution is -2.15. The quantitative estimate of drug-likeness (QED) is 0.721. The Morgan fingerprint density at radius 1 is 1.04 bits per heavy atom. The van der Waals surface area contributed by atoms with E-state index in [0.717, 1.165) is 0 Å². The second kappa shape index (κ2) is 7.51. The molecule has 2 aromatic carbocycles. The van der Waals surface area contributed by atoms with Gasteiger partial charge in [-0.05, 0) is 22.6 Å². The Morgan fingerprint density at radius 3 is 2.31 bits per heavy atom. The Morgan fingerprint density at radius 2 is 1.73 bits per heavy atom. The van der Waals surface area contributed by atoms with Gasteiger partial charge in [-0.15, -0.1) is 5.10 Å². The first-order chi connectivity index (χ1) is 12.7. The molecule has 0 unspecified atom stereocenters. The maximum atomic E-state index is 12.8. The second-order valence-electron chi connectivity index (χ2n) is 5.14. The van der Waals surface area contributed by atoms with Crippen molar-refractivity contribution in [2.75, 3.05) is 26.6 Å². The van der Waals surface area contributed by atoms with Crippen molar-refractivity contribution in [3.8, 4) is 22.9 Å². The molecule has 0 atom stereocenters. The second-order valence-corrected chi connectivity index (χ2v) is 5.14. The fourth-order valence-corrected chi connectivity index (χ4v) is 2.49. The normalized spacial score (nSPS) is 10.3. The average molecular weight is 355 g/mol. The van der Waals surface area contributed by atoms with Gasteiger partial charge in [-0.2, -0.15) is 4.68 Å². The molecular formula is C17H17N5O4. The smallest absolute Gasteiger partial charge is 0.257 e. The van der Waals surface area contributed by atoms with Gasteiger partial charge in [0.1, 0.15) is 6.33 Å². The van der Waals surface area contributed by atoms with Crippen LogP contribution in [0.2, 0.25) is 0 Å². The molecule has 0 aliphatic carbocycles. The van der Waals surface area contributed by atoms with E-state index in [0.29, 0.717) is 34.2 Å². The number of anilines is 1. The van der Waals surface area contributed by atoms with Gasteiger partial charge in [-0.1, -0.05) is 12.1 Å². The van der Waals surface area contributed by atoms with Gasteiger partial charge in [0.2, 0.25) is 5.75 Å². The number of nitrogens with one attached hydrogen (secondary N) is 1. The fourth-order valence-electron chi connectivity index (χ4n) is 2.49. The Balaban J connectivity index is 1.94. The summed E-state index contributed by atoms with van der Waals surface area (Å²) in [6.45, 7) is 0. The molecule has 1 N–H and O–H groups in total. The first-order valence-corrected chi connectivity index (χ1v) is 7.61. The van der Waals surface area contributed by atoms with Crippen LogP contribution in [0.25, 0.3) is 5.69 Å². The van der Waals surface area contributed by atoms with E-state index in [9.17, 15) is 4.79 Å². The maximum absolute atomic E-state index is 12.8. The van der Waals surface area contributed by atoms with Gasteiger partial charge < -0.3 is 19.5 Å². The summed E-state index contributed by atoms with van der Waals surface area (Å²) in [6.07, 6.45) is 1.42. The predicted molar refractivity (Wildman–Crippen MR) is 93.2 cm³/mol. The van der Waals surface area contributed by atoms with Crippen molar-refractivity contribution in [1.82, 2.24) is 20.2 Å². The Hall–Kier alpha value is -3.62. The van der Waals surface area contributed by atoms with Crippen molar-refractivity contribution in [2.24, 2.45) is 0 Å². The topological polar surface area (TPSA) is 100 Å². The van der Waals surface area contributed by atoms with Crippen molar-refractivity contribution in [2.45, 2.75) is 0 Å². The SMILES string of the molecule is COc1cc(NC(=O)c2ccccc2-n2cnnn2)cc(OC)c1OC. The van der Waals surface area contributed by atoms with Gasteiger partial charge in [0.25, 0.3) is 5.91 Å². The van der Waals surface area contributed by atoms with Gasteiger partial charge in [-0.25, -0.2) is 0 Å². The first kappa shape index (κ1) is 17.2. The minimum atomic E-state index is -0.328. The predicted octanol–water partition coefficient (Wildman–Crippen LogP) is 1.94. The molecule has 0 radical (unpaired) electrons. The number of benzene rings is 2.